The molecular formula is C21H14ClF4N5O3. The van der Waals surface area contributed by atoms with Gasteiger partial charge >= 0.3 is 12.3 Å². The highest BCUT2D eigenvalue weighted by Gasteiger charge is 2.35. The van der Waals surface area contributed by atoms with E-state index in [0.29, 0.717) is 4.57 Å². The number of hydrogen-bond donors (Lipinski definition) is 0. The van der Waals surface area contributed by atoms with Gasteiger partial charge in [0.1, 0.15) is 12.4 Å². The summed E-state index contributed by atoms with van der Waals surface area (Å²) >= 11 is 5.95. The molecule has 8 nitrogen and oxygen atoms in total. The van der Waals surface area contributed by atoms with Crippen molar-refractivity contribution in [2.24, 2.45) is 0 Å². The molecule has 0 spiro atoms. The minimum Gasteiger partial charge on any atom is -0.352 e. The van der Waals surface area contributed by atoms with Crippen molar-refractivity contribution in [2.75, 3.05) is 18.0 Å². The lowest BCUT2D eigenvalue weighted by Crippen LogP contribution is -2.56. The summed E-state index contributed by atoms with van der Waals surface area (Å²) in [6.45, 7) is -3.82. The molecule has 4 rings (SSSR count). The number of halogens is 5. The van der Waals surface area contributed by atoms with Crippen LogP contribution in [0.3, 0.4) is 0 Å². The molecule has 0 radical (unpaired) electrons. The van der Waals surface area contributed by atoms with Gasteiger partial charge in [-0.25, -0.2) is 18.1 Å². The van der Waals surface area contributed by atoms with Crippen molar-refractivity contribution in [3.05, 3.63) is 74.2 Å². The fourth-order valence-electron chi connectivity index (χ4n) is 3.68. The summed E-state index contributed by atoms with van der Waals surface area (Å²) in [5, 5.41) is 9.46. The molecule has 0 amide bonds. The van der Waals surface area contributed by atoms with Gasteiger partial charge in [-0.15, -0.1) is 0 Å². The van der Waals surface area contributed by atoms with Crippen LogP contribution in [0.4, 0.5) is 23.4 Å². The Balaban J connectivity index is 2.01. The highest BCUT2D eigenvalue weighted by Crippen LogP contribution is 2.32. The molecule has 2 aromatic heterocycles. The van der Waals surface area contributed by atoms with Crippen LogP contribution >= 0.6 is 11.6 Å². The lowest BCUT2D eigenvalue weighted by Gasteiger charge is -2.41. The third kappa shape index (κ3) is 4.27. The Morgan fingerprint density at radius 3 is 2.53 bits per heavy atom. The van der Waals surface area contributed by atoms with Crippen molar-refractivity contribution in [2.45, 2.75) is 19.3 Å². The van der Waals surface area contributed by atoms with Crippen molar-refractivity contribution >= 4 is 17.4 Å². The molecule has 0 N–H and O–H groups in total. The van der Waals surface area contributed by atoms with Crippen molar-refractivity contribution < 1.29 is 22.3 Å². The summed E-state index contributed by atoms with van der Waals surface area (Å²) in [7, 11) is 0. The number of aromatic nitrogens is 3. The number of nitrogens with zero attached hydrogens (tertiary/aromatic N) is 5. The zero-order valence-electron chi connectivity index (χ0n) is 17.1. The molecule has 176 valence electrons. The van der Waals surface area contributed by atoms with Gasteiger partial charge in [-0.2, -0.15) is 14.0 Å². The van der Waals surface area contributed by atoms with Gasteiger partial charge in [0.2, 0.25) is 0 Å². The van der Waals surface area contributed by atoms with Gasteiger partial charge < -0.3 is 9.64 Å². The van der Waals surface area contributed by atoms with Crippen LogP contribution in [-0.2, 0) is 11.3 Å². The van der Waals surface area contributed by atoms with Gasteiger partial charge in [-0.1, -0.05) is 17.7 Å². The second-order valence-electron chi connectivity index (χ2n) is 7.28. The quantitative estimate of drug-likeness (QED) is 0.488. The first kappa shape index (κ1) is 23.5. The lowest BCUT2D eigenvalue weighted by molar-refractivity contribution is -0.167. The first-order valence-corrected chi connectivity index (χ1v) is 10.1. The van der Waals surface area contributed by atoms with Crippen LogP contribution < -0.4 is 16.1 Å². The zero-order chi connectivity index (χ0) is 24.6. The van der Waals surface area contributed by atoms with Crippen LogP contribution in [-0.4, -0.2) is 39.9 Å². The van der Waals surface area contributed by atoms with E-state index in [-0.39, 0.29) is 40.7 Å². The molecule has 34 heavy (non-hydrogen) atoms. The number of anilines is 1. The first-order valence-electron chi connectivity index (χ1n) is 9.73. The third-order valence-corrected chi connectivity index (χ3v) is 5.35. The van der Waals surface area contributed by atoms with Gasteiger partial charge in [-0.05, 0) is 23.8 Å². The second-order valence-corrected chi connectivity index (χ2v) is 7.72. The van der Waals surface area contributed by atoms with Crippen molar-refractivity contribution in [3.8, 4) is 22.9 Å². The fourth-order valence-corrected chi connectivity index (χ4v) is 3.85. The standard InChI is InChI=1S/C21H14ClF4N5O3/c22-12-6-13(8-28-7-12)31-19(32)17(11-1-2-15(23)16(24)5-11)18(30(4-3-27)21(31)33)29-9-14(10-29)34-20(25)26/h1-2,5-8,14,20H,4,9-10H2. The summed E-state index contributed by atoms with van der Waals surface area (Å²) in [4.78, 5) is 32.1. The van der Waals surface area contributed by atoms with Crippen LogP contribution in [0.2, 0.25) is 5.02 Å². The highest BCUT2D eigenvalue weighted by molar-refractivity contribution is 6.30. The molecule has 0 aliphatic carbocycles. The van der Waals surface area contributed by atoms with Crippen molar-refractivity contribution in [1.82, 2.24) is 14.1 Å². The van der Waals surface area contributed by atoms with Gasteiger partial charge in [0.05, 0.1) is 34.6 Å². The molecule has 0 bridgehead atoms. The Labute approximate surface area is 193 Å². The molecule has 1 fully saturated rings. The van der Waals surface area contributed by atoms with Gasteiger partial charge in [0.25, 0.3) is 5.56 Å². The number of ether oxygens (including phenoxy) is 1. The fraction of sp³-hybridized carbons (Fsp3) is 0.238. The molecule has 1 saturated heterocycles. The average Bonchev–Trinajstić information content (AvgIpc) is 2.75. The van der Waals surface area contributed by atoms with Gasteiger partial charge in [0.15, 0.2) is 11.6 Å². The predicted molar refractivity (Wildman–Crippen MR) is 113 cm³/mol. The molecular weight excluding hydrogens is 482 g/mol. The Bertz CT molecular complexity index is 1410. The van der Waals surface area contributed by atoms with E-state index in [0.717, 1.165) is 22.8 Å². The number of alkyl halides is 2. The minimum atomic E-state index is -3.03. The van der Waals surface area contributed by atoms with E-state index in [4.69, 9.17) is 11.6 Å². The number of nitriles is 1. The zero-order valence-corrected chi connectivity index (χ0v) is 17.8. The molecule has 3 heterocycles. The van der Waals surface area contributed by atoms with E-state index in [9.17, 15) is 32.4 Å². The normalized spacial score (nSPS) is 13.7. The molecule has 0 saturated carbocycles. The Morgan fingerprint density at radius 1 is 1.18 bits per heavy atom. The Hall–Kier alpha value is -3.69. The van der Waals surface area contributed by atoms with E-state index in [1.54, 1.807) is 0 Å². The Morgan fingerprint density at radius 2 is 1.91 bits per heavy atom. The van der Waals surface area contributed by atoms with E-state index >= 15 is 0 Å². The number of benzene rings is 1. The smallest absolute Gasteiger partial charge is 0.345 e. The molecule has 1 aliphatic rings. The maximum absolute atomic E-state index is 14.1. The molecule has 13 heteroatoms. The van der Waals surface area contributed by atoms with Crippen LogP contribution in [0.5, 0.6) is 0 Å². The SMILES string of the molecule is N#CCn1c(N2CC(OC(F)F)C2)c(-c2ccc(F)c(F)c2)c(=O)n(-c2cncc(Cl)c2)c1=O. The summed E-state index contributed by atoms with van der Waals surface area (Å²) in [6, 6.07) is 5.81. The number of rotatable bonds is 6. The Kier molecular flexibility index (Phi) is 6.41. The molecule has 1 aliphatic heterocycles. The van der Waals surface area contributed by atoms with E-state index in [1.165, 1.54) is 23.4 Å². The van der Waals surface area contributed by atoms with E-state index in [1.807, 2.05) is 6.07 Å². The summed E-state index contributed by atoms with van der Waals surface area (Å²) in [5.41, 5.74) is -2.22. The van der Waals surface area contributed by atoms with Crippen LogP contribution in [0, 0.1) is 23.0 Å². The van der Waals surface area contributed by atoms with Crippen molar-refractivity contribution in [3.63, 3.8) is 0 Å². The summed E-state index contributed by atoms with van der Waals surface area (Å²) in [6.07, 6.45) is 1.57. The topological polar surface area (TPSA) is 93.2 Å². The third-order valence-electron chi connectivity index (χ3n) is 5.15. The highest BCUT2D eigenvalue weighted by atomic mass is 35.5. The maximum atomic E-state index is 14.1. The predicted octanol–water partition coefficient (Wildman–Crippen LogP) is 2.94. The lowest BCUT2D eigenvalue weighted by atomic mass is 10.0. The number of pyridine rings is 1. The van der Waals surface area contributed by atoms with Crippen LogP contribution in [0.1, 0.15) is 0 Å². The van der Waals surface area contributed by atoms with Crippen LogP contribution in [0.15, 0.2) is 46.2 Å². The average molecular weight is 496 g/mol. The van der Waals surface area contributed by atoms with E-state index in [2.05, 4.69) is 9.72 Å². The minimum absolute atomic E-state index is 0.0212. The van der Waals surface area contributed by atoms with Gasteiger partial charge in [-0.3, -0.25) is 14.3 Å². The number of hydrogen-bond acceptors (Lipinski definition) is 6. The van der Waals surface area contributed by atoms with E-state index < -0.39 is 42.1 Å². The monoisotopic (exact) mass is 495 g/mol. The maximum Gasteiger partial charge on any atom is 0.345 e. The molecule has 3 aromatic rings. The first-order chi connectivity index (χ1) is 16.2. The van der Waals surface area contributed by atoms with Gasteiger partial charge in [0, 0.05) is 19.3 Å². The van der Waals surface area contributed by atoms with Crippen LogP contribution in [0.25, 0.3) is 16.8 Å². The second kappa shape index (κ2) is 9.28. The largest absolute Gasteiger partial charge is 0.352 e. The molecule has 0 atom stereocenters. The molecule has 1 aromatic carbocycles. The summed E-state index contributed by atoms with van der Waals surface area (Å²) in [5.74, 6) is -2.52. The molecule has 0 unspecified atom stereocenters. The summed E-state index contributed by atoms with van der Waals surface area (Å²) < 4.78 is 58.9. The van der Waals surface area contributed by atoms with Crippen molar-refractivity contribution in [1.29, 1.82) is 5.26 Å².